The molecule has 0 atom stereocenters. The van der Waals surface area contributed by atoms with Crippen LogP contribution in [-0.4, -0.2) is 33.7 Å². The number of amides is 1. The Morgan fingerprint density at radius 1 is 1.29 bits per heavy atom. The smallest absolute Gasteiger partial charge is 0.340 e. The van der Waals surface area contributed by atoms with Crippen molar-refractivity contribution in [2.24, 2.45) is 5.92 Å². The molecule has 2 aromatic rings. The lowest BCUT2D eigenvalue weighted by Gasteiger charge is -2.03. The molecule has 24 heavy (non-hydrogen) atoms. The number of H-pyrrole nitrogens is 1. The molecule has 0 aromatic carbocycles. The van der Waals surface area contributed by atoms with Gasteiger partial charge in [-0.15, -0.1) is 10.2 Å². The largest absolute Gasteiger partial charge is 0.462 e. The number of hydrogen-bond acceptors (Lipinski definition) is 6. The first-order valence-corrected chi connectivity index (χ1v) is 8.65. The number of esters is 1. The molecule has 0 aliphatic carbocycles. The summed E-state index contributed by atoms with van der Waals surface area (Å²) in [4.78, 5) is 27.4. The maximum Gasteiger partial charge on any atom is 0.340 e. The van der Waals surface area contributed by atoms with Gasteiger partial charge in [-0.1, -0.05) is 25.2 Å². The molecule has 0 radical (unpaired) electrons. The fraction of sp³-hybridized carbons (Fsp3) is 0.500. The van der Waals surface area contributed by atoms with Crippen LogP contribution in [0.25, 0.3) is 0 Å². The lowest BCUT2D eigenvalue weighted by Crippen LogP contribution is -2.14. The molecule has 1 amide bonds. The van der Waals surface area contributed by atoms with Crippen LogP contribution in [0.5, 0.6) is 0 Å². The average molecular weight is 350 g/mol. The first-order chi connectivity index (χ1) is 11.3. The second kappa shape index (κ2) is 7.57. The van der Waals surface area contributed by atoms with Gasteiger partial charge in [0, 0.05) is 12.1 Å². The van der Waals surface area contributed by atoms with Gasteiger partial charge in [-0.05, 0) is 32.3 Å². The van der Waals surface area contributed by atoms with Crippen molar-refractivity contribution in [3.05, 3.63) is 27.5 Å². The summed E-state index contributed by atoms with van der Waals surface area (Å²) < 4.78 is 5.03. The maximum atomic E-state index is 12.5. The van der Waals surface area contributed by atoms with Gasteiger partial charge < -0.3 is 9.72 Å². The predicted molar refractivity (Wildman–Crippen MR) is 92.6 cm³/mol. The number of carbonyl (C=O) groups is 2. The van der Waals surface area contributed by atoms with Crippen LogP contribution < -0.4 is 5.32 Å². The van der Waals surface area contributed by atoms with Gasteiger partial charge in [0.2, 0.25) is 5.13 Å². The number of aryl methyl sites for hydroxylation is 1. The fourth-order valence-corrected chi connectivity index (χ4v) is 3.33. The molecule has 2 N–H and O–H groups in total. The van der Waals surface area contributed by atoms with Crippen molar-refractivity contribution in [2.45, 2.75) is 41.0 Å². The van der Waals surface area contributed by atoms with Crippen LogP contribution in [-0.2, 0) is 11.2 Å². The Hall–Kier alpha value is -2.22. The third-order valence-electron chi connectivity index (χ3n) is 3.41. The zero-order valence-corrected chi connectivity index (χ0v) is 15.3. The van der Waals surface area contributed by atoms with Crippen molar-refractivity contribution < 1.29 is 14.3 Å². The van der Waals surface area contributed by atoms with E-state index in [4.69, 9.17) is 4.74 Å². The number of hydrogen-bond donors (Lipinski definition) is 2. The Labute approximate surface area is 144 Å². The second-order valence-corrected chi connectivity index (χ2v) is 6.96. The normalized spacial score (nSPS) is 10.9. The van der Waals surface area contributed by atoms with Gasteiger partial charge in [0.15, 0.2) is 0 Å². The van der Waals surface area contributed by atoms with Crippen LogP contribution in [0.15, 0.2) is 0 Å². The monoisotopic (exact) mass is 350 g/mol. The van der Waals surface area contributed by atoms with Crippen LogP contribution in [0.1, 0.15) is 57.9 Å². The molecule has 130 valence electrons. The molecule has 0 unspecified atom stereocenters. The van der Waals surface area contributed by atoms with E-state index in [1.807, 2.05) is 0 Å². The number of aromatic nitrogens is 3. The first-order valence-electron chi connectivity index (χ1n) is 7.83. The molecule has 2 heterocycles. The molecular weight excluding hydrogens is 328 g/mol. The van der Waals surface area contributed by atoms with E-state index in [1.54, 1.807) is 20.8 Å². The lowest BCUT2D eigenvalue weighted by atomic mass is 10.1. The van der Waals surface area contributed by atoms with Gasteiger partial charge in [0.05, 0.1) is 12.2 Å². The summed E-state index contributed by atoms with van der Waals surface area (Å²) in [6, 6.07) is 0. The number of aromatic amines is 1. The van der Waals surface area contributed by atoms with Crippen molar-refractivity contribution in [1.29, 1.82) is 0 Å². The average Bonchev–Trinajstić information content (AvgIpc) is 3.02. The molecule has 0 aliphatic heterocycles. The number of rotatable bonds is 6. The fourth-order valence-electron chi connectivity index (χ4n) is 2.38. The molecule has 0 bridgehead atoms. The minimum Gasteiger partial charge on any atom is -0.462 e. The summed E-state index contributed by atoms with van der Waals surface area (Å²) in [7, 11) is 0. The van der Waals surface area contributed by atoms with Crippen LogP contribution in [0.4, 0.5) is 5.13 Å². The Balaban J connectivity index is 2.17. The molecule has 0 aliphatic rings. The number of carbonyl (C=O) groups excluding carboxylic acids is 2. The second-order valence-electron chi connectivity index (χ2n) is 5.90. The molecule has 0 fully saturated rings. The van der Waals surface area contributed by atoms with Crippen molar-refractivity contribution in [1.82, 2.24) is 15.2 Å². The highest BCUT2D eigenvalue weighted by Gasteiger charge is 2.23. The van der Waals surface area contributed by atoms with E-state index in [2.05, 4.69) is 34.3 Å². The highest BCUT2D eigenvalue weighted by Crippen LogP contribution is 2.22. The van der Waals surface area contributed by atoms with E-state index in [1.165, 1.54) is 11.3 Å². The van der Waals surface area contributed by atoms with Gasteiger partial charge in [-0.2, -0.15) is 0 Å². The van der Waals surface area contributed by atoms with Crippen molar-refractivity contribution in [2.75, 3.05) is 11.9 Å². The molecule has 0 spiro atoms. The van der Waals surface area contributed by atoms with Crippen molar-refractivity contribution >= 4 is 28.3 Å². The van der Waals surface area contributed by atoms with Crippen LogP contribution in [0, 0.1) is 19.8 Å². The topological polar surface area (TPSA) is 97.0 Å². The minimum atomic E-state index is -0.432. The summed E-state index contributed by atoms with van der Waals surface area (Å²) >= 11 is 1.36. The zero-order valence-electron chi connectivity index (χ0n) is 14.5. The molecule has 8 heteroatoms. The summed E-state index contributed by atoms with van der Waals surface area (Å²) in [6.07, 6.45) is 0.821. The molecule has 0 saturated heterocycles. The first kappa shape index (κ1) is 18.1. The van der Waals surface area contributed by atoms with Crippen LogP contribution in [0.2, 0.25) is 0 Å². The summed E-state index contributed by atoms with van der Waals surface area (Å²) in [5.41, 5.74) is 1.90. The lowest BCUT2D eigenvalue weighted by molar-refractivity contribution is 0.0525. The third kappa shape index (κ3) is 4.00. The SMILES string of the molecule is CCOC(=O)c1c(C)[nH]c(C(=O)Nc2nnc(CC(C)C)s2)c1C. The number of nitrogens with one attached hydrogen (secondary N) is 2. The Kier molecular flexibility index (Phi) is 5.71. The maximum absolute atomic E-state index is 12.5. The van der Waals surface area contributed by atoms with Crippen LogP contribution >= 0.6 is 11.3 Å². The Morgan fingerprint density at radius 3 is 2.62 bits per heavy atom. The van der Waals surface area contributed by atoms with Gasteiger partial charge in [-0.3, -0.25) is 10.1 Å². The standard InChI is InChI=1S/C16H22N4O3S/c1-6-23-15(22)12-9(4)13(17-10(12)5)14(21)18-16-20-19-11(24-16)7-8(2)3/h8,17H,6-7H2,1-5H3,(H,18,20,21). The molecule has 2 rings (SSSR count). The Morgan fingerprint density at radius 2 is 2.00 bits per heavy atom. The molecular formula is C16H22N4O3S. The number of anilines is 1. The highest BCUT2D eigenvalue weighted by molar-refractivity contribution is 7.15. The van der Waals surface area contributed by atoms with E-state index in [0.717, 1.165) is 11.4 Å². The van der Waals surface area contributed by atoms with E-state index in [9.17, 15) is 9.59 Å². The van der Waals surface area contributed by atoms with Gasteiger partial charge in [-0.25, -0.2) is 4.79 Å². The molecule has 7 nitrogen and oxygen atoms in total. The van der Waals surface area contributed by atoms with E-state index in [-0.39, 0.29) is 12.5 Å². The summed E-state index contributed by atoms with van der Waals surface area (Å²) in [5, 5.41) is 12.1. The zero-order chi connectivity index (χ0) is 17.9. The van der Waals surface area contributed by atoms with Crippen molar-refractivity contribution in [3.8, 4) is 0 Å². The summed E-state index contributed by atoms with van der Waals surface area (Å²) in [6.45, 7) is 9.68. The third-order valence-corrected chi connectivity index (χ3v) is 4.28. The quantitative estimate of drug-likeness (QED) is 0.780. The van der Waals surface area contributed by atoms with E-state index in [0.29, 0.717) is 33.6 Å². The molecule has 0 saturated carbocycles. The van der Waals surface area contributed by atoms with Crippen molar-refractivity contribution in [3.63, 3.8) is 0 Å². The number of ether oxygens (including phenoxy) is 1. The van der Waals surface area contributed by atoms with E-state index >= 15 is 0 Å². The van der Waals surface area contributed by atoms with Crippen LogP contribution in [0.3, 0.4) is 0 Å². The van der Waals surface area contributed by atoms with Gasteiger partial charge in [0.1, 0.15) is 10.7 Å². The highest BCUT2D eigenvalue weighted by atomic mass is 32.1. The number of nitrogens with zero attached hydrogens (tertiary/aromatic N) is 2. The van der Waals surface area contributed by atoms with Gasteiger partial charge in [0.25, 0.3) is 5.91 Å². The predicted octanol–water partition coefficient (Wildman–Crippen LogP) is 3.11. The Bertz CT molecular complexity index is 749. The van der Waals surface area contributed by atoms with E-state index < -0.39 is 5.97 Å². The summed E-state index contributed by atoms with van der Waals surface area (Å²) in [5.74, 6) is -0.307. The minimum absolute atomic E-state index is 0.286. The molecule has 2 aromatic heterocycles. The van der Waals surface area contributed by atoms with Gasteiger partial charge >= 0.3 is 5.97 Å².